The molecule has 2 saturated heterocycles. The predicted octanol–water partition coefficient (Wildman–Crippen LogP) is 1.23. The van der Waals surface area contributed by atoms with Crippen LogP contribution in [0.1, 0.15) is 11.5 Å². The number of benzene rings is 1. The highest BCUT2D eigenvalue weighted by atomic mass is 35.5. The fraction of sp³-hybridized carbons (Fsp3) is 0.538. The van der Waals surface area contributed by atoms with E-state index in [9.17, 15) is 0 Å². The number of likely N-dealkylation sites (tertiary alicyclic amines) is 1. The van der Waals surface area contributed by atoms with Crippen LogP contribution in [-0.4, -0.2) is 43.3 Å². The molecule has 2 aliphatic heterocycles. The monoisotopic (exact) mass is 254 g/mol. The van der Waals surface area contributed by atoms with E-state index in [1.165, 1.54) is 5.56 Å². The van der Waals surface area contributed by atoms with Gasteiger partial charge in [-0.3, -0.25) is 4.90 Å². The van der Waals surface area contributed by atoms with Gasteiger partial charge in [-0.25, -0.2) is 0 Å². The molecule has 0 aromatic heterocycles. The molecule has 1 aromatic rings. The van der Waals surface area contributed by atoms with Crippen LogP contribution >= 0.6 is 12.4 Å². The van der Waals surface area contributed by atoms with Gasteiger partial charge in [-0.15, -0.1) is 12.4 Å². The Balaban J connectivity index is 0.00000108. The van der Waals surface area contributed by atoms with Crippen LogP contribution in [0.4, 0.5) is 0 Å². The second kappa shape index (κ2) is 5.36. The average Bonchev–Trinajstić information content (AvgIpc) is 2.59. The molecule has 2 heterocycles. The number of nitrogens with zero attached hydrogens (tertiary/aromatic N) is 1. The molecule has 0 bridgehead atoms. The molecule has 1 aromatic carbocycles. The van der Waals surface area contributed by atoms with E-state index in [2.05, 4.69) is 35.2 Å². The Bertz CT molecular complexity index is 356. The van der Waals surface area contributed by atoms with Gasteiger partial charge in [0.05, 0.1) is 19.3 Å². The second-order valence-electron chi connectivity index (χ2n) is 4.83. The van der Waals surface area contributed by atoms with Crippen LogP contribution in [0.5, 0.6) is 0 Å². The van der Waals surface area contributed by atoms with Gasteiger partial charge < -0.3 is 10.5 Å². The van der Waals surface area contributed by atoms with Crippen molar-refractivity contribution < 1.29 is 4.74 Å². The molecule has 0 aliphatic carbocycles. The van der Waals surface area contributed by atoms with E-state index in [0.717, 1.165) is 26.3 Å². The summed E-state index contributed by atoms with van der Waals surface area (Å²) in [5.41, 5.74) is 7.61. The summed E-state index contributed by atoms with van der Waals surface area (Å²) in [7, 11) is 0. The minimum atomic E-state index is 0. The van der Waals surface area contributed by atoms with Crippen molar-refractivity contribution in [3.63, 3.8) is 0 Å². The van der Waals surface area contributed by atoms with Crippen molar-refractivity contribution in [1.82, 2.24) is 4.90 Å². The fourth-order valence-corrected chi connectivity index (χ4v) is 2.65. The molecule has 94 valence electrons. The summed E-state index contributed by atoms with van der Waals surface area (Å²) in [4.78, 5) is 2.48. The van der Waals surface area contributed by atoms with Crippen LogP contribution in [0.15, 0.2) is 30.3 Å². The summed E-state index contributed by atoms with van der Waals surface area (Å²) in [6.07, 6.45) is 0. The quantitative estimate of drug-likeness (QED) is 0.863. The third-order valence-corrected chi connectivity index (χ3v) is 3.76. The summed E-state index contributed by atoms with van der Waals surface area (Å²) < 4.78 is 5.24. The second-order valence-corrected chi connectivity index (χ2v) is 4.83. The third-order valence-electron chi connectivity index (χ3n) is 3.76. The SMILES string of the molecule is Cl.N[C@@H]1CN(C2COC2)C[C@H]1c1ccccc1. The highest BCUT2D eigenvalue weighted by Gasteiger charge is 2.37. The Morgan fingerprint density at radius 3 is 2.41 bits per heavy atom. The summed E-state index contributed by atoms with van der Waals surface area (Å²) >= 11 is 0. The lowest BCUT2D eigenvalue weighted by atomic mass is 9.95. The smallest absolute Gasteiger partial charge is 0.0645 e. The van der Waals surface area contributed by atoms with E-state index in [4.69, 9.17) is 10.5 Å². The van der Waals surface area contributed by atoms with Crippen LogP contribution in [0.3, 0.4) is 0 Å². The van der Waals surface area contributed by atoms with E-state index in [0.29, 0.717) is 12.0 Å². The van der Waals surface area contributed by atoms with Crippen LogP contribution in [0.25, 0.3) is 0 Å². The van der Waals surface area contributed by atoms with Crippen LogP contribution < -0.4 is 5.73 Å². The van der Waals surface area contributed by atoms with Crippen molar-refractivity contribution in [2.45, 2.75) is 18.0 Å². The maximum Gasteiger partial charge on any atom is 0.0645 e. The molecule has 0 amide bonds. The van der Waals surface area contributed by atoms with Crippen molar-refractivity contribution in [2.24, 2.45) is 5.73 Å². The van der Waals surface area contributed by atoms with E-state index in [1.807, 2.05) is 0 Å². The molecule has 3 nitrogen and oxygen atoms in total. The minimum absolute atomic E-state index is 0. The molecule has 2 N–H and O–H groups in total. The maximum absolute atomic E-state index is 6.24. The van der Waals surface area contributed by atoms with Crippen molar-refractivity contribution in [1.29, 1.82) is 0 Å². The molecule has 17 heavy (non-hydrogen) atoms. The third kappa shape index (κ3) is 2.47. The normalized spacial score (nSPS) is 29.7. The molecule has 3 rings (SSSR count). The van der Waals surface area contributed by atoms with E-state index in [1.54, 1.807) is 0 Å². The summed E-state index contributed by atoms with van der Waals surface area (Å²) in [6.45, 7) is 3.86. The molecule has 0 unspecified atom stereocenters. The molecule has 0 radical (unpaired) electrons. The fourth-order valence-electron chi connectivity index (χ4n) is 2.65. The summed E-state index contributed by atoms with van der Waals surface area (Å²) in [6, 6.07) is 11.5. The zero-order chi connectivity index (χ0) is 11.0. The van der Waals surface area contributed by atoms with Gasteiger partial charge in [-0.05, 0) is 5.56 Å². The predicted molar refractivity (Wildman–Crippen MR) is 70.6 cm³/mol. The summed E-state index contributed by atoms with van der Waals surface area (Å²) in [5.74, 6) is 0.488. The first-order valence-corrected chi connectivity index (χ1v) is 5.97. The van der Waals surface area contributed by atoms with Gasteiger partial charge in [0.15, 0.2) is 0 Å². The molecule has 2 fully saturated rings. The van der Waals surface area contributed by atoms with Crippen molar-refractivity contribution in [3.05, 3.63) is 35.9 Å². The Hall–Kier alpha value is -0.610. The molecule has 0 saturated carbocycles. The Labute approximate surface area is 108 Å². The highest BCUT2D eigenvalue weighted by molar-refractivity contribution is 5.85. The van der Waals surface area contributed by atoms with Gasteiger partial charge in [0, 0.05) is 25.0 Å². The number of hydrogen-bond acceptors (Lipinski definition) is 3. The van der Waals surface area contributed by atoms with E-state index in [-0.39, 0.29) is 18.4 Å². The number of ether oxygens (including phenoxy) is 1. The van der Waals surface area contributed by atoms with Crippen LogP contribution in [-0.2, 0) is 4.74 Å². The zero-order valence-corrected chi connectivity index (χ0v) is 10.6. The topological polar surface area (TPSA) is 38.5 Å². The lowest BCUT2D eigenvalue weighted by Gasteiger charge is -2.34. The van der Waals surface area contributed by atoms with Gasteiger partial charge in [0.1, 0.15) is 0 Å². The number of rotatable bonds is 2. The first-order chi connectivity index (χ1) is 7.84. The van der Waals surface area contributed by atoms with Crippen molar-refractivity contribution in [3.8, 4) is 0 Å². The standard InChI is InChI=1S/C13H18N2O.ClH/c14-13-7-15(11-8-16-9-11)6-12(13)10-4-2-1-3-5-10;/h1-5,11-13H,6-9,14H2;1H/t12-,13+;/m0./s1. The van der Waals surface area contributed by atoms with Crippen LogP contribution in [0, 0.1) is 0 Å². The lowest BCUT2D eigenvalue weighted by Crippen LogP contribution is -2.48. The lowest BCUT2D eigenvalue weighted by molar-refractivity contribution is -0.0576. The molecule has 4 heteroatoms. The maximum atomic E-state index is 6.24. The average molecular weight is 255 g/mol. The first-order valence-electron chi connectivity index (χ1n) is 5.97. The minimum Gasteiger partial charge on any atom is -0.378 e. The van der Waals surface area contributed by atoms with E-state index < -0.39 is 0 Å². The molecule has 2 aliphatic rings. The molecular formula is C13H19ClN2O. The van der Waals surface area contributed by atoms with Crippen molar-refractivity contribution in [2.75, 3.05) is 26.3 Å². The van der Waals surface area contributed by atoms with Crippen molar-refractivity contribution >= 4 is 12.4 Å². The van der Waals surface area contributed by atoms with Gasteiger partial charge in [-0.2, -0.15) is 0 Å². The zero-order valence-electron chi connectivity index (χ0n) is 9.79. The van der Waals surface area contributed by atoms with Gasteiger partial charge >= 0.3 is 0 Å². The van der Waals surface area contributed by atoms with E-state index >= 15 is 0 Å². The number of halogens is 1. The van der Waals surface area contributed by atoms with Gasteiger partial charge in [0.25, 0.3) is 0 Å². The Kier molecular flexibility index (Phi) is 4.05. The highest BCUT2D eigenvalue weighted by Crippen LogP contribution is 2.29. The molecular weight excluding hydrogens is 236 g/mol. The van der Waals surface area contributed by atoms with Crippen LogP contribution in [0.2, 0.25) is 0 Å². The molecule has 0 spiro atoms. The van der Waals surface area contributed by atoms with Gasteiger partial charge in [0.2, 0.25) is 0 Å². The number of hydrogen-bond donors (Lipinski definition) is 1. The number of nitrogens with two attached hydrogens (primary N) is 1. The summed E-state index contributed by atoms with van der Waals surface area (Å²) in [5, 5.41) is 0. The first kappa shape index (κ1) is 12.8. The Morgan fingerprint density at radius 2 is 1.82 bits per heavy atom. The molecule has 2 atom stereocenters. The largest absolute Gasteiger partial charge is 0.378 e. The van der Waals surface area contributed by atoms with Gasteiger partial charge in [-0.1, -0.05) is 30.3 Å². The Morgan fingerprint density at radius 1 is 1.12 bits per heavy atom.